The highest BCUT2D eigenvalue weighted by atomic mass is 35.5. The maximum absolute atomic E-state index is 12.7. The molecule has 0 spiro atoms. The molecule has 7 nitrogen and oxygen atoms in total. The van der Waals surface area contributed by atoms with Gasteiger partial charge in [-0.2, -0.15) is 5.21 Å². The number of tetrazole rings is 1. The summed E-state index contributed by atoms with van der Waals surface area (Å²) in [4.78, 5) is 12.7. The Balaban J connectivity index is 1.95. The lowest BCUT2D eigenvalue weighted by molar-refractivity contribution is 0.102. The summed E-state index contributed by atoms with van der Waals surface area (Å²) in [6, 6.07) is 8.80. The van der Waals surface area contributed by atoms with Crippen molar-refractivity contribution in [1.29, 1.82) is 0 Å². The van der Waals surface area contributed by atoms with Crippen LogP contribution in [0.1, 0.15) is 21.5 Å². The number of H-pyrrole nitrogens is 1. The molecule has 3 aromatic rings. The van der Waals surface area contributed by atoms with E-state index in [1.165, 1.54) is 7.11 Å². The van der Waals surface area contributed by atoms with Crippen LogP contribution in [0, 0.1) is 13.8 Å². The molecule has 0 aliphatic heterocycles. The second kappa shape index (κ2) is 6.90. The van der Waals surface area contributed by atoms with Gasteiger partial charge in [0, 0.05) is 16.1 Å². The van der Waals surface area contributed by atoms with Gasteiger partial charge in [-0.1, -0.05) is 11.6 Å². The Morgan fingerprint density at radius 1 is 1.20 bits per heavy atom. The van der Waals surface area contributed by atoms with Gasteiger partial charge in [-0.15, -0.1) is 10.2 Å². The van der Waals surface area contributed by atoms with E-state index in [2.05, 4.69) is 25.9 Å². The molecule has 1 aromatic heterocycles. The average molecular weight is 358 g/mol. The van der Waals surface area contributed by atoms with E-state index in [9.17, 15) is 4.79 Å². The van der Waals surface area contributed by atoms with Gasteiger partial charge < -0.3 is 10.1 Å². The zero-order valence-electron chi connectivity index (χ0n) is 13.9. The van der Waals surface area contributed by atoms with Crippen LogP contribution in [0.25, 0.3) is 11.4 Å². The fourth-order valence-corrected chi connectivity index (χ4v) is 2.66. The van der Waals surface area contributed by atoms with Crippen LogP contribution in [0.4, 0.5) is 5.69 Å². The highest BCUT2D eigenvalue weighted by Gasteiger charge is 2.15. The highest BCUT2D eigenvalue weighted by molar-refractivity contribution is 6.31. The van der Waals surface area contributed by atoms with Crippen molar-refractivity contribution in [3.63, 3.8) is 0 Å². The molecule has 1 heterocycles. The van der Waals surface area contributed by atoms with E-state index in [-0.39, 0.29) is 5.91 Å². The summed E-state index contributed by atoms with van der Waals surface area (Å²) in [5.41, 5.74) is 3.40. The van der Waals surface area contributed by atoms with Gasteiger partial charge in [0.1, 0.15) is 5.75 Å². The van der Waals surface area contributed by atoms with E-state index in [0.29, 0.717) is 33.4 Å². The first-order valence-electron chi connectivity index (χ1n) is 7.49. The Morgan fingerprint density at radius 2 is 2.00 bits per heavy atom. The van der Waals surface area contributed by atoms with Crippen LogP contribution in [0.2, 0.25) is 5.02 Å². The van der Waals surface area contributed by atoms with E-state index in [1.54, 1.807) is 30.3 Å². The second-order valence-corrected chi connectivity index (χ2v) is 5.93. The molecule has 8 heteroatoms. The third kappa shape index (κ3) is 3.46. The van der Waals surface area contributed by atoms with Crippen molar-refractivity contribution in [1.82, 2.24) is 20.6 Å². The van der Waals surface area contributed by atoms with E-state index in [1.807, 2.05) is 13.8 Å². The van der Waals surface area contributed by atoms with Gasteiger partial charge in [-0.05, 0) is 60.5 Å². The number of aromatic nitrogens is 4. The lowest BCUT2D eigenvalue weighted by Gasteiger charge is -2.13. The second-order valence-electron chi connectivity index (χ2n) is 5.52. The maximum atomic E-state index is 12.7. The van der Waals surface area contributed by atoms with Crippen molar-refractivity contribution in [3.05, 3.63) is 52.0 Å². The molecule has 0 radical (unpaired) electrons. The first-order chi connectivity index (χ1) is 12.0. The molecule has 0 atom stereocenters. The predicted octanol–water partition coefficient (Wildman–Crippen LogP) is 3.40. The van der Waals surface area contributed by atoms with E-state index < -0.39 is 0 Å². The molecule has 1 amide bonds. The monoisotopic (exact) mass is 357 g/mol. The van der Waals surface area contributed by atoms with Crippen LogP contribution in [0.15, 0.2) is 30.3 Å². The van der Waals surface area contributed by atoms with Gasteiger partial charge >= 0.3 is 0 Å². The number of carbonyl (C=O) groups excluding carboxylic acids is 1. The van der Waals surface area contributed by atoms with Crippen LogP contribution in [0.5, 0.6) is 5.75 Å². The van der Waals surface area contributed by atoms with Gasteiger partial charge in [0.15, 0.2) is 0 Å². The van der Waals surface area contributed by atoms with Crippen molar-refractivity contribution in [2.75, 3.05) is 12.4 Å². The lowest BCUT2D eigenvalue weighted by Crippen LogP contribution is -2.14. The summed E-state index contributed by atoms with van der Waals surface area (Å²) in [7, 11) is 1.54. The van der Waals surface area contributed by atoms with E-state index in [0.717, 1.165) is 11.1 Å². The summed E-state index contributed by atoms with van der Waals surface area (Å²) in [6.07, 6.45) is 0. The molecule has 128 valence electrons. The summed E-state index contributed by atoms with van der Waals surface area (Å²) < 4.78 is 5.33. The van der Waals surface area contributed by atoms with E-state index in [4.69, 9.17) is 16.3 Å². The quantitative estimate of drug-likeness (QED) is 0.746. The SMILES string of the molecule is COc1ccc(-c2nn[nH]n2)cc1NC(=O)c1cc(C)c(Cl)cc1C. The number of anilines is 1. The van der Waals surface area contributed by atoms with Crippen molar-refractivity contribution in [3.8, 4) is 17.1 Å². The Morgan fingerprint density at radius 3 is 2.68 bits per heavy atom. The molecular weight excluding hydrogens is 342 g/mol. The molecule has 0 fully saturated rings. The number of rotatable bonds is 4. The Kier molecular flexibility index (Phi) is 4.67. The molecule has 2 aromatic carbocycles. The summed E-state index contributed by atoms with van der Waals surface area (Å²) in [6.45, 7) is 3.70. The van der Waals surface area contributed by atoms with Crippen LogP contribution in [-0.4, -0.2) is 33.6 Å². The first-order valence-corrected chi connectivity index (χ1v) is 7.87. The summed E-state index contributed by atoms with van der Waals surface area (Å²) in [5, 5.41) is 17.3. The number of halogens is 1. The number of hydrogen-bond donors (Lipinski definition) is 2. The molecule has 0 aliphatic carbocycles. The predicted molar refractivity (Wildman–Crippen MR) is 95.0 cm³/mol. The van der Waals surface area contributed by atoms with Crippen LogP contribution in [-0.2, 0) is 0 Å². The van der Waals surface area contributed by atoms with Crippen LogP contribution in [0.3, 0.4) is 0 Å². The zero-order valence-corrected chi connectivity index (χ0v) is 14.7. The number of methoxy groups -OCH3 is 1. The van der Waals surface area contributed by atoms with Crippen molar-refractivity contribution < 1.29 is 9.53 Å². The fraction of sp³-hybridized carbons (Fsp3) is 0.176. The lowest BCUT2D eigenvalue weighted by atomic mass is 10.0. The smallest absolute Gasteiger partial charge is 0.256 e. The normalized spacial score (nSPS) is 10.6. The third-order valence-electron chi connectivity index (χ3n) is 3.80. The fourth-order valence-electron chi connectivity index (χ4n) is 2.44. The van der Waals surface area contributed by atoms with Crippen LogP contribution < -0.4 is 10.1 Å². The van der Waals surface area contributed by atoms with Gasteiger partial charge in [-0.25, -0.2) is 0 Å². The van der Waals surface area contributed by atoms with Crippen molar-refractivity contribution in [2.45, 2.75) is 13.8 Å². The minimum absolute atomic E-state index is 0.249. The number of ether oxygens (including phenoxy) is 1. The first kappa shape index (κ1) is 16.9. The standard InChI is InChI=1S/C17H16ClN5O2/c1-9-7-13(18)10(2)6-12(9)17(24)19-14-8-11(4-5-15(14)25-3)16-20-22-23-21-16/h4-8H,1-3H3,(H,19,24)(H,20,21,22,23). The molecule has 0 saturated heterocycles. The third-order valence-corrected chi connectivity index (χ3v) is 4.21. The Bertz CT molecular complexity index is 925. The number of benzene rings is 2. The molecular formula is C17H16ClN5O2. The number of aryl methyl sites for hydroxylation is 2. The Labute approximate surface area is 149 Å². The highest BCUT2D eigenvalue weighted by Crippen LogP contribution is 2.30. The number of carbonyl (C=O) groups is 1. The van der Waals surface area contributed by atoms with Gasteiger partial charge in [0.05, 0.1) is 12.8 Å². The molecule has 0 unspecified atom stereocenters. The number of nitrogens with one attached hydrogen (secondary N) is 2. The number of aromatic amines is 1. The van der Waals surface area contributed by atoms with Gasteiger partial charge in [0.2, 0.25) is 5.82 Å². The molecule has 0 aliphatic rings. The summed E-state index contributed by atoms with van der Waals surface area (Å²) >= 11 is 6.10. The number of hydrogen-bond acceptors (Lipinski definition) is 5. The number of nitrogens with zero attached hydrogens (tertiary/aromatic N) is 3. The zero-order chi connectivity index (χ0) is 18.0. The molecule has 0 bridgehead atoms. The number of amides is 1. The van der Waals surface area contributed by atoms with E-state index >= 15 is 0 Å². The average Bonchev–Trinajstić information content (AvgIpc) is 3.12. The van der Waals surface area contributed by atoms with Gasteiger partial charge in [0.25, 0.3) is 5.91 Å². The molecule has 0 saturated carbocycles. The Hall–Kier alpha value is -2.93. The van der Waals surface area contributed by atoms with Gasteiger partial charge in [-0.3, -0.25) is 4.79 Å². The minimum Gasteiger partial charge on any atom is -0.495 e. The largest absolute Gasteiger partial charge is 0.495 e. The van der Waals surface area contributed by atoms with Crippen molar-refractivity contribution in [2.24, 2.45) is 0 Å². The molecule has 25 heavy (non-hydrogen) atoms. The summed E-state index contributed by atoms with van der Waals surface area (Å²) in [5.74, 6) is 0.710. The molecule has 3 rings (SSSR count). The minimum atomic E-state index is -0.249. The molecule has 2 N–H and O–H groups in total. The van der Waals surface area contributed by atoms with Crippen LogP contribution >= 0.6 is 11.6 Å². The van der Waals surface area contributed by atoms with Crippen molar-refractivity contribution >= 4 is 23.2 Å². The maximum Gasteiger partial charge on any atom is 0.256 e. The topological polar surface area (TPSA) is 92.8 Å².